The van der Waals surface area contributed by atoms with Crippen LogP contribution in [0.15, 0.2) is 0 Å². The second-order valence-electron chi connectivity index (χ2n) is 5.19. The number of hydrogen-bond acceptors (Lipinski definition) is 8. The smallest absolute Gasteiger partial charge is 0.504 e. The quantitative estimate of drug-likeness (QED) is 0.612. The van der Waals surface area contributed by atoms with E-state index in [2.05, 4.69) is 0 Å². The Balaban J connectivity index is 2.25. The number of phenols is 2. The van der Waals surface area contributed by atoms with Crippen molar-refractivity contribution in [2.75, 3.05) is 14.2 Å². The molecule has 0 fully saturated rings. The van der Waals surface area contributed by atoms with Crippen molar-refractivity contribution in [1.29, 1.82) is 0 Å². The molecule has 0 radical (unpaired) electrons. The Bertz CT molecular complexity index is 666. The molecule has 1 aromatic rings. The summed E-state index contributed by atoms with van der Waals surface area (Å²) in [5, 5.41) is 20.5. The SMILES string of the molecule is COP(=O)(OC)C(c1c(O)c(O)c2c3c1OP(O2)O3)C(C)C. The van der Waals surface area contributed by atoms with Crippen LogP contribution in [0.5, 0.6) is 28.7 Å². The zero-order valence-electron chi connectivity index (χ0n) is 12.4. The van der Waals surface area contributed by atoms with Crippen molar-refractivity contribution in [2.24, 2.45) is 5.92 Å². The summed E-state index contributed by atoms with van der Waals surface area (Å²) in [6.07, 6.45) is 0. The molecule has 2 heterocycles. The van der Waals surface area contributed by atoms with Crippen LogP contribution < -0.4 is 13.6 Å². The van der Waals surface area contributed by atoms with Gasteiger partial charge in [-0.3, -0.25) is 4.57 Å². The predicted octanol–water partition coefficient (Wildman–Crippen LogP) is 3.67. The van der Waals surface area contributed by atoms with Gasteiger partial charge in [-0.2, -0.15) is 0 Å². The lowest BCUT2D eigenvalue weighted by atomic mass is 9.99. The van der Waals surface area contributed by atoms with Gasteiger partial charge in [0.1, 0.15) is 0 Å². The largest absolute Gasteiger partial charge is 0.530 e. The van der Waals surface area contributed by atoms with E-state index in [1.54, 1.807) is 13.8 Å². The molecule has 2 aliphatic rings. The van der Waals surface area contributed by atoms with Crippen LogP contribution >= 0.6 is 16.2 Å². The molecule has 0 aromatic heterocycles. The number of phenolic OH excluding ortho intramolecular Hbond substituents is 2. The van der Waals surface area contributed by atoms with Crippen LogP contribution in [0.4, 0.5) is 0 Å². The van der Waals surface area contributed by atoms with E-state index in [1.807, 2.05) is 0 Å². The molecule has 10 heteroatoms. The standard InChI is InChI=1S/C12H16O8P2/c1-5(2)12(22(15,16-3)17-4)6-7(13)8(14)10-11-9(6)18-21(19-10)20-11/h5,12-14H,1-4H3. The number of fused-ring (bicyclic) bond motifs is 1. The first kappa shape index (κ1) is 15.7. The van der Waals surface area contributed by atoms with Crippen LogP contribution in [0.25, 0.3) is 0 Å². The first-order chi connectivity index (χ1) is 10.3. The van der Waals surface area contributed by atoms with Gasteiger partial charge in [0.15, 0.2) is 11.5 Å². The Morgan fingerprint density at radius 3 is 2.05 bits per heavy atom. The molecular weight excluding hydrogens is 334 g/mol. The molecule has 8 nitrogen and oxygen atoms in total. The summed E-state index contributed by atoms with van der Waals surface area (Å²) < 4.78 is 39.1. The van der Waals surface area contributed by atoms with Crippen molar-refractivity contribution >= 4 is 16.2 Å². The second kappa shape index (κ2) is 5.17. The summed E-state index contributed by atoms with van der Waals surface area (Å²) in [4.78, 5) is 0. The Hall–Kier alpha value is -1.20. The molecular formula is C12H16O8P2. The normalized spacial score (nSPS) is 19.8. The maximum atomic E-state index is 12.9. The van der Waals surface area contributed by atoms with E-state index in [0.717, 1.165) is 0 Å². The molecule has 3 rings (SSSR count). The zero-order valence-corrected chi connectivity index (χ0v) is 14.2. The Morgan fingerprint density at radius 2 is 1.55 bits per heavy atom. The third-order valence-electron chi connectivity index (χ3n) is 3.63. The van der Waals surface area contributed by atoms with E-state index < -0.39 is 33.4 Å². The Labute approximate surface area is 128 Å². The third-order valence-corrected chi connectivity index (χ3v) is 7.17. The van der Waals surface area contributed by atoms with Crippen LogP contribution in [-0.4, -0.2) is 24.4 Å². The van der Waals surface area contributed by atoms with Gasteiger partial charge in [0, 0.05) is 14.2 Å². The molecule has 2 bridgehead atoms. The lowest BCUT2D eigenvalue weighted by Crippen LogP contribution is -2.12. The number of benzene rings is 1. The van der Waals surface area contributed by atoms with Gasteiger partial charge in [-0.15, -0.1) is 0 Å². The van der Waals surface area contributed by atoms with Crippen LogP contribution in [0, 0.1) is 5.92 Å². The van der Waals surface area contributed by atoms with Gasteiger partial charge in [-0.1, -0.05) is 13.8 Å². The maximum absolute atomic E-state index is 12.9. The summed E-state index contributed by atoms with van der Waals surface area (Å²) in [6, 6.07) is 0. The van der Waals surface area contributed by atoms with Crippen LogP contribution in [0.1, 0.15) is 25.1 Å². The van der Waals surface area contributed by atoms with Gasteiger partial charge in [0.2, 0.25) is 17.2 Å². The van der Waals surface area contributed by atoms with Crippen molar-refractivity contribution in [1.82, 2.24) is 0 Å². The molecule has 0 saturated carbocycles. The molecule has 2 aliphatic heterocycles. The minimum Gasteiger partial charge on any atom is -0.504 e. The van der Waals surface area contributed by atoms with Crippen molar-refractivity contribution in [3.8, 4) is 28.7 Å². The highest BCUT2D eigenvalue weighted by Gasteiger charge is 2.51. The number of hydrogen-bond donors (Lipinski definition) is 2. The van der Waals surface area contributed by atoms with Gasteiger partial charge in [0.05, 0.1) is 11.2 Å². The first-order valence-corrected chi connectivity index (χ1v) is 9.21. The zero-order chi connectivity index (χ0) is 16.2. The maximum Gasteiger partial charge on any atom is 0.530 e. The summed E-state index contributed by atoms with van der Waals surface area (Å²) in [5.74, 6) is -0.701. The number of rotatable bonds is 5. The Kier molecular flexibility index (Phi) is 3.68. The van der Waals surface area contributed by atoms with Gasteiger partial charge in [-0.25, -0.2) is 0 Å². The summed E-state index contributed by atoms with van der Waals surface area (Å²) >= 11 is 0. The highest BCUT2D eigenvalue weighted by Crippen LogP contribution is 2.75. The molecule has 1 aromatic carbocycles. The molecule has 0 saturated heterocycles. The van der Waals surface area contributed by atoms with E-state index in [0.29, 0.717) is 0 Å². The molecule has 2 atom stereocenters. The van der Waals surface area contributed by atoms with Gasteiger partial charge >= 0.3 is 16.2 Å². The van der Waals surface area contributed by atoms with Crippen molar-refractivity contribution in [3.63, 3.8) is 0 Å². The van der Waals surface area contributed by atoms with Gasteiger partial charge in [0.25, 0.3) is 0 Å². The molecule has 2 unspecified atom stereocenters. The van der Waals surface area contributed by atoms with Crippen LogP contribution in [0.3, 0.4) is 0 Å². The minimum absolute atomic E-state index is 0.0424. The molecule has 2 N–H and O–H groups in total. The summed E-state index contributed by atoms with van der Waals surface area (Å²) in [5.41, 5.74) is -0.695. The molecule has 122 valence electrons. The lowest BCUT2D eigenvalue weighted by Gasteiger charge is -2.29. The third kappa shape index (κ3) is 1.98. The van der Waals surface area contributed by atoms with Gasteiger partial charge in [-0.05, 0) is 5.92 Å². The van der Waals surface area contributed by atoms with Crippen molar-refractivity contribution in [2.45, 2.75) is 19.5 Å². The average Bonchev–Trinajstić information content (AvgIpc) is 3.09. The fraction of sp³-hybridized carbons (Fsp3) is 0.500. The summed E-state index contributed by atoms with van der Waals surface area (Å²) in [7, 11) is -2.72. The fourth-order valence-electron chi connectivity index (χ4n) is 2.65. The van der Waals surface area contributed by atoms with E-state index >= 15 is 0 Å². The number of aromatic hydroxyl groups is 2. The van der Waals surface area contributed by atoms with E-state index in [-0.39, 0.29) is 28.7 Å². The van der Waals surface area contributed by atoms with Crippen LogP contribution in [0.2, 0.25) is 0 Å². The minimum atomic E-state index is -3.59. The molecule has 0 aliphatic carbocycles. The van der Waals surface area contributed by atoms with Crippen molar-refractivity contribution in [3.05, 3.63) is 5.56 Å². The average molecular weight is 350 g/mol. The summed E-state index contributed by atoms with van der Waals surface area (Å²) in [6.45, 7) is 3.60. The predicted molar refractivity (Wildman–Crippen MR) is 77.8 cm³/mol. The first-order valence-electron chi connectivity index (χ1n) is 6.51. The van der Waals surface area contributed by atoms with Gasteiger partial charge < -0.3 is 32.8 Å². The van der Waals surface area contributed by atoms with Crippen LogP contribution in [-0.2, 0) is 13.6 Å². The molecule has 0 amide bonds. The van der Waals surface area contributed by atoms with Crippen molar-refractivity contribution < 1.29 is 37.4 Å². The van der Waals surface area contributed by atoms with E-state index in [1.165, 1.54) is 14.2 Å². The fourth-order valence-corrected chi connectivity index (χ4v) is 5.61. The second-order valence-corrected chi connectivity index (χ2v) is 8.55. The highest BCUT2D eigenvalue weighted by molar-refractivity contribution is 7.54. The highest BCUT2D eigenvalue weighted by atomic mass is 31.2. The molecule has 22 heavy (non-hydrogen) atoms. The van der Waals surface area contributed by atoms with E-state index in [4.69, 9.17) is 22.6 Å². The molecule has 0 spiro atoms. The topological polar surface area (TPSA) is 104 Å². The Morgan fingerprint density at radius 1 is 1.00 bits per heavy atom. The van der Waals surface area contributed by atoms with E-state index in [9.17, 15) is 14.8 Å². The lowest BCUT2D eigenvalue weighted by molar-refractivity contribution is 0.254. The monoisotopic (exact) mass is 350 g/mol.